The van der Waals surface area contributed by atoms with Gasteiger partial charge in [-0.05, 0) is 19.1 Å². The van der Waals surface area contributed by atoms with Crippen LogP contribution in [0, 0.1) is 0 Å². The van der Waals surface area contributed by atoms with E-state index in [1.807, 2.05) is 12.1 Å². The van der Waals surface area contributed by atoms with E-state index in [-0.39, 0.29) is 0 Å². The monoisotopic (exact) mass is 196 g/mol. The van der Waals surface area contributed by atoms with Gasteiger partial charge in [0.25, 0.3) is 0 Å². The molecule has 0 aliphatic heterocycles. The number of rotatable bonds is 6. The molecule has 0 saturated carbocycles. The Labute approximate surface area is 85.9 Å². The third-order valence-corrected chi connectivity index (χ3v) is 2.04. The number of furan rings is 1. The van der Waals surface area contributed by atoms with Crippen LogP contribution in [-0.4, -0.2) is 18.6 Å². The molecule has 3 nitrogen and oxygen atoms in total. The van der Waals surface area contributed by atoms with Gasteiger partial charge in [-0.2, -0.15) is 0 Å². The van der Waals surface area contributed by atoms with Crippen molar-refractivity contribution >= 4 is 0 Å². The highest BCUT2D eigenvalue weighted by atomic mass is 16.3. The molecule has 0 saturated heterocycles. The Balaban J connectivity index is 2.12. The topological polar surface area (TPSA) is 37.2 Å². The average Bonchev–Trinajstić information content (AvgIpc) is 2.63. The second kappa shape index (κ2) is 5.83. The highest BCUT2D eigenvalue weighted by molar-refractivity contribution is 4.97. The minimum atomic E-state index is 0.461. The van der Waals surface area contributed by atoms with Gasteiger partial charge < -0.3 is 15.1 Å². The van der Waals surface area contributed by atoms with Crippen molar-refractivity contribution in [3.63, 3.8) is 0 Å². The lowest BCUT2D eigenvalue weighted by Crippen LogP contribution is -2.38. The van der Waals surface area contributed by atoms with Crippen molar-refractivity contribution in [3.8, 4) is 0 Å². The fraction of sp³-hybridized carbons (Fsp3) is 0.636. The summed E-state index contributed by atoms with van der Waals surface area (Å²) >= 11 is 0. The van der Waals surface area contributed by atoms with Crippen LogP contribution in [0.2, 0.25) is 0 Å². The summed E-state index contributed by atoms with van der Waals surface area (Å²) in [5, 5.41) is 6.77. The van der Waals surface area contributed by atoms with Gasteiger partial charge in [-0.1, -0.05) is 13.8 Å². The summed E-state index contributed by atoms with van der Waals surface area (Å²) in [4.78, 5) is 0. The van der Waals surface area contributed by atoms with Crippen LogP contribution in [0.1, 0.15) is 26.5 Å². The Kier molecular flexibility index (Phi) is 4.70. The number of hydrogen-bond acceptors (Lipinski definition) is 3. The second-order valence-electron chi connectivity index (χ2n) is 3.92. The van der Waals surface area contributed by atoms with E-state index in [2.05, 4.69) is 31.4 Å². The predicted molar refractivity (Wildman–Crippen MR) is 58.1 cm³/mol. The molecule has 0 spiro atoms. The summed E-state index contributed by atoms with van der Waals surface area (Å²) < 4.78 is 5.23. The van der Waals surface area contributed by atoms with Crippen molar-refractivity contribution in [1.29, 1.82) is 0 Å². The van der Waals surface area contributed by atoms with Gasteiger partial charge in [-0.15, -0.1) is 0 Å². The Hall–Kier alpha value is -0.800. The van der Waals surface area contributed by atoms with Crippen molar-refractivity contribution < 1.29 is 4.42 Å². The molecule has 1 atom stereocenters. The maximum atomic E-state index is 5.23. The fourth-order valence-corrected chi connectivity index (χ4v) is 1.17. The summed E-state index contributed by atoms with van der Waals surface area (Å²) in [7, 11) is 0. The number of nitrogens with one attached hydrogen (secondary N) is 2. The smallest absolute Gasteiger partial charge is 0.117 e. The number of hydrogen-bond donors (Lipinski definition) is 2. The summed E-state index contributed by atoms with van der Waals surface area (Å²) in [6.45, 7) is 8.25. The van der Waals surface area contributed by atoms with Gasteiger partial charge in [-0.25, -0.2) is 0 Å². The molecule has 3 heteroatoms. The second-order valence-corrected chi connectivity index (χ2v) is 3.92. The van der Waals surface area contributed by atoms with Crippen LogP contribution in [0.25, 0.3) is 0 Å². The molecule has 1 aromatic heterocycles. The van der Waals surface area contributed by atoms with E-state index in [4.69, 9.17) is 4.42 Å². The van der Waals surface area contributed by atoms with Gasteiger partial charge in [0.1, 0.15) is 5.76 Å². The molecule has 0 aromatic carbocycles. The van der Waals surface area contributed by atoms with Gasteiger partial charge in [0, 0.05) is 18.6 Å². The average molecular weight is 196 g/mol. The van der Waals surface area contributed by atoms with Crippen molar-refractivity contribution in [1.82, 2.24) is 10.6 Å². The molecule has 0 fully saturated rings. The van der Waals surface area contributed by atoms with Crippen molar-refractivity contribution in [3.05, 3.63) is 24.2 Å². The minimum Gasteiger partial charge on any atom is -0.468 e. The Morgan fingerprint density at radius 1 is 1.29 bits per heavy atom. The van der Waals surface area contributed by atoms with E-state index in [1.165, 1.54) is 0 Å². The van der Waals surface area contributed by atoms with Gasteiger partial charge in [0.05, 0.1) is 12.8 Å². The first-order valence-corrected chi connectivity index (χ1v) is 5.17. The Morgan fingerprint density at radius 2 is 2.07 bits per heavy atom. The van der Waals surface area contributed by atoms with Crippen LogP contribution in [0.4, 0.5) is 0 Å². The Morgan fingerprint density at radius 3 is 2.64 bits per heavy atom. The van der Waals surface area contributed by atoms with E-state index in [0.29, 0.717) is 12.1 Å². The molecule has 14 heavy (non-hydrogen) atoms. The molecule has 2 N–H and O–H groups in total. The fourth-order valence-electron chi connectivity index (χ4n) is 1.17. The summed E-state index contributed by atoms with van der Waals surface area (Å²) in [6, 6.07) is 4.90. The predicted octanol–water partition coefficient (Wildman–Crippen LogP) is 1.76. The highest BCUT2D eigenvalue weighted by Crippen LogP contribution is 1.99. The lowest BCUT2D eigenvalue weighted by Gasteiger charge is -2.15. The van der Waals surface area contributed by atoms with Crippen LogP contribution in [0.15, 0.2) is 22.8 Å². The van der Waals surface area contributed by atoms with Crippen LogP contribution >= 0.6 is 0 Å². The van der Waals surface area contributed by atoms with Crippen molar-refractivity contribution in [2.24, 2.45) is 0 Å². The van der Waals surface area contributed by atoms with Crippen molar-refractivity contribution in [2.75, 3.05) is 6.54 Å². The highest BCUT2D eigenvalue weighted by Gasteiger charge is 2.02. The van der Waals surface area contributed by atoms with Gasteiger partial charge in [0.15, 0.2) is 0 Å². The molecule has 1 heterocycles. The molecule has 0 radical (unpaired) electrons. The molecular weight excluding hydrogens is 176 g/mol. The lowest BCUT2D eigenvalue weighted by atomic mass is 10.3. The zero-order valence-corrected chi connectivity index (χ0v) is 9.21. The molecule has 0 bridgehead atoms. The van der Waals surface area contributed by atoms with Crippen LogP contribution < -0.4 is 10.6 Å². The standard InChI is InChI=1S/C11H20N2O/c1-9(2)12-7-10(3)13-8-11-5-4-6-14-11/h4-6,9-10,12-13H,7-8H2,1-3H3. The van der Waals surface area contributed by atoms with Crippen LogP contribution in [-0.2, 0) is 6.54 Å². The van der Waals surface area contributed by atoms with Gasteiger partial charge >= 0.3 is 0 Å². The van der Waals surface area contributed by atoms with Crippen LogP contribution in [0.5, 0.6) is 0 Å². The first-order valence-electron chi connectivity index (χ1n) is 5.17. The van der Waals surface area contributed by atoms with E-state index in [0.717, 1.165) is 18.8 Å². The van der Waals surface area contributed by atoms with E-state index in [9.17, 15) is 0 Å². The summed E-state index contributed by atoms with van der Waals surface area (Å²) in [6.07, 6.45) is 1.70. The van der Waals surface area contributed by atoms with Crippen LogP contribution in [0.3, 0.4) is 0 Å². The SMILES string of the molecule is CC(C)NCC(C)NCc1ccco1. The molecule has 0 amide bonds. The first-order chi connectivity index (χ1) is 6.68. The van der Waals surface area contributed by atoms with Gasteiger partial charge in [0.2, 0.25) is 0 Å². The normalized spacial score (nSPS) is 13.4. The largest absolute Gasteiger partial charge is 0.468 e. The van der Waals surface area contributed by atoms with E-state index in [1.54, 1.807) is 6.26 Å². The maximum Gasteiger partial charge on any atom is 0.117 e. The third-order valence-electron chi connectivity index (χ3n) is 2.04. The zero-order valence-electron chi connectivity index (χ0n) is 9.21. The first kappa shape index (κ1) is 11.3. The Bertz CT molecular complexity index is 231. The van der Waals surface area contributed by atoms with E-state index < -0.39 is 0 Å². The molecule has 1 rings (SSSR count). The van der Waals surface area contributed by atoms with Gasteiger partial charge in [-0.3, -0.25) is 0 Å². The molecule has 0 aliphatic rings. The molecule has 80 valence electrons. The lowest BCUT2D eigenvalue weighted by molar-refractivity contribution is 0.432. The molecule has 1 unspecified atom stereocenters. The molecular formula is C11H20N2O. The van der Waals surface area contributed by atoms with Crippen molar-refractivity contribution in [2.45, 2.75) is 39.4 Å². The van der Waals surface area contributed by atoms with E-state index >= 15 is 0 Å². The molecule has 0 aliphatic carbocycles. The summed E-state index contributed by atoms with van der Waals surface area (Å²) in [5.74, 6) is 0.987. The summed E-state index contributed by atoms with van der Waals surface area (Å²) in [5.41, 5.74) is 0. The quantitative estimate of drug-likeness (QED) is 0.728. The third kappa shape index (κ3) is 4.44. The maximum absolute atomic E-state index is 5.23. The zero-order chi connectivity index (χ0) is 10.4. The minimum absolute atomic E-state index is 0.461. The molecule has 1 aromatic rings.